The highest BCUT2D eigenvalue weighted by Crippen LogP contribution is 2.29. The van der Waals surface area contributed by atoms with Crippen molar-refractivity contribution in [2.75, 3.05) is 11.9 Å². The van der Waals surface area contributed by atoms with Crippen molar-refractivity contribution >= 4 is 16.6 Å². The maximum Gasteiger partial charge on any atom is 0.0670 e. The minimum absolute atomic E-state index is 0.910. The fourth-order valence-electron chi connectivity index (χ4n) is 1.63. The van der Waals surface area contributed by atoms with E-state index < -0.39 is 0 Å². The van der Waals surface area contributed by atoms with E-state index in [9.17, 15) is 0 Å². The topological polar surface area (TPSA) is 40.7 Å². The number of rotatable bonds is 3. The van der Waals surface area contributed by atoms with Crippen LogP contribution in [0, 0.1) is 5.92 Å². The Bertz CT molecular complexity index is 442. The fraction of sp³-hybridized carbons (Fsp3) is 0.364. The molecule has 0 bridgehead atoms. The largest absolute Gasteiger partial charge is 0.385 e. The second-order valence-corrected chi connectivity index (χ2v) is 4.00. The molecule has 0 amide bonds. The smallest absolute Gasteiger partial charge is 0.0670 e. The summed E-state index contributed by atoms with van der Waals surface area (Å²) >= 11 is 0. The molecule has 2 aromatic rings. The van der Waals surface area contributed by atoms with Gasteiger partial charge in [-0.05, 0) is 37.0 Å². The average Bonchev–Trinajstić information content (AvgIpc) is 2.92. The van der Waals surface area contributed by atoms with Gasteiger partial charge in [-0.1, -0.05) is 0 Å². The van der Waals surface area contributed by atoms with Gasteiger partial charge in [0, 0.05) is 17.6 Å². The van der Waals surface area contributed by atoms with Crippen molar-refractivity contribution in [1.82, 2.24) is 10.2 Å². The number of hydrogen-bond donors (Lipinski definition) is 2. The molecular weight excluding hydrogens is 174 g/mol. The first kappa shape index (κ1) is 7.85. The number of H-pyrrole nitrogens is 1. The quantitative estimate of drug-likeness (QED) is 0.774. The Morgan fingerprint density at radius 1 is 1.43 bits per heavy atom. The molecule has 72 valence electrons. The third-order valence-corrected chi connectivity index (χ3v) is 2.73. The van der Waals surface area contributed by atoms with Crippen LogP contribution in [0.25, 0.3) is 10.9 Å². The normalized spacial score (nSPS) is 16.0. The summed E-state index contributed by atoms with van der Waals surface area (Å²) in [6.07, 6.45) is 4.62. The first-order valence-electron chi connectivity index (χ1n) is 5.09. The summed E-state index contributed by atoms with van der Waals surface area (Å²) in [7, 11) is 0. The van der Waals surface area contributed by atoms with Crippen molar-refractivity contribution in [3.8, 4) is 0 Å². The second kappa shape index (κ2) is 3.01. The van der Waals surface area contributed by atoms with Crippen LogP contribution >= 0.6 is 0 Å². The number of nitrogens with zero attached hydrogens (tertiary/aromatic N) is 1. The summed E-state index contributed by atoms with van der Waals surface area (Å²) in [5.41, 5.74) is 2.29. The van der Waals surface area contributed by atoms with E-state index in [2.05, 4.69) is 33.7 Å². The molecular formula is C11H13N3. The van der Waals surface area contributed by atoms with Crippen LogP contribution in [0.2, 0.25) is 0 Å². The predicted octanol–water partition coefficient (Wildman–Crippen LogP) is 2.38. The molecule has 1 heterocycles. The van der Waals surface area contributed by atoms with Crippen LogP contribution in [-0.2, 0) is 0 Å². The maximum atomic E-state index is 4.00. The summed E-state index contributed by atoms with van der Waals surface area (Å²) in [4.78, 5) is 0. The lowest BCUT2D eigenvalue weighted by molar-refractivity contribution is 0.889. The Hall–Kier alpha value is -1.51. The van der Waals surface area contributed by atoms with Gasteiger partial charge in [0.05, 0.1) is 11.7 Å². The van der Waals surface area contributed by atoms with E-state index in [1.807, 2.05) is 6.20 Å². The van der Waals surface area contributed by atoms with Gasteiger partial charge in [0.25, 0.3) is 0 Å². The van der Waals surface area contributed by atoms with Crippen LogP contribution in [0.4, 0.5) is 5.69 Å². The van der Waals surface area contributed by atoms with E-state index in [1.54, 1.807) is 0 Å². The van der Waals surface area contributed by atoms with Gasteiger partial charge in [-0.15, -0.1) is 0 Å². The standard InChI is InChI=1S/C11H13N3/c1-2-8(1)6-12-10-4-3-9-7-13-14-11(9)5-10/h3-5,7-8,12H,1-2,6H2,(H,13,14). The van der Waals surface area contributed by atoms with Crippen molar-refractivity contribution < 1.29 is 0 Å². The Balaban J connectivity index is 1.81. The lowest BCUT2D eigenvalue weighted by Crippen LogP contribution is -2.02. The van der Waals surface area contributed by atoms with Gasteiger partial charge in [-0.2, -0.15) is 5.10 Å². The van der Waals surface area contributed by atoms with E-state index in [0.717, 1.165) is 18.0 Å². The monoisotopic (exact) mass is 187 g/mol. The highest BCUT2D eigenvalue weighted by molar-refractivity contribution is 5.81. The van der Waals surface area contributed by atoms with Gasteiger partial charge in [-0.3, -0.25) is 5.10 Å². The van der Waals surface area contributed by atoms with Crippen molar-refractivity contribution in [3.05, 3.63) is 24.4 Å². The zero-order chi connectivity index (χ0) is 9.38. The molecule has 1 aromatic heterocycles. The summed E-state index contributed by atoms with van der Waals surface area (Å²) in [6, 6.07) is 6.32. The number of aromatic amines is 1. The molecule has 2 N–H and O–H groups in total. The molecule has 1 fully saturated rings. The minimum Gasteiger partial charge on any atom is -0.385 e. The van der Waals surface area contributed by atoms with E-state index in [-0.39, 0.29) is 0 Å². The van der Waals surface area contributed by atoms with Crippen LogP contribution < -0.4 is 5.32 Å². The van der Waals surface area contributed by atoms with Crippen LogP contribution in [0.3, 0.4) is 0 Å². The van der Waals surface area contributed by atoms with E-state index >= 15 is 0 Å². The minimum atomic E-state index is 0.910. The number of hydrogen-bond acceptors (Lipinski definition) is 2. The summed E-state index contributed by atoms with van der Waals surface area (Å²) in [5, 5.41) is 11.6. The molecule has 1 saturated carbocycles. The first-order chi connectivity index (χ1) is 6.92. The van der Waals surface area contributed by atoms with Crippen LogP contribution in [-0.4, -0.2) is 16.7 Å². The number of benzene rings is 1. The average molecular weight is 187 g/mol. The van der Waals surface area contributed by atoms with Crippen molar-refractivity contribution in [2.24, 2.45) is 5.92 Å². The van der Waals surface area contributed by atoms with Gasteiger partial charge in [0.15, 0.2) is 0 Å². The third kappa shape index (κ3) is 1.45. The van der Waals surface area contributed by atoms with Gasteiger partial charge in [-0.25, -0.2) is 0 Å². The second-order valence-electron chi connectivity index (χ2n) is 4.00. The van der Waals surface area contributed by atoms with Gasteiger partial charge in [0.2, 0.25) is 0 Å². The molecule has 14 heavy (non-hydrogen) atoms. The molecule has 0 atom stereocenters. The van der Waals surface area contributed by atoms with Crippen molar-refractivity contribution in [3.63, 3.8) is 0 Å². The van der Waals surface area contributed by atoms with Gasteiger partial charge < -0.3 is 5.32 Å². The predicted molar refractivity (Wildman–Crippen MR) is 57.3 cm³/mol. The molecule has 1 aromatic carbocycles. The zero-order valence-corrected chi connectivity index (χ0v) is 7.96. The molecule has 3 nitrogen and oxygen atoms in total. The van der Waals surface area contributed by atoms with Crippen LogP contribution in [0.15, 0.2) is 24.4 Å². The molecule has 0 radical (unpaired) electrons. The molecule has 0 aliphatic heterocycles. The highest BCUT2D eigenvalue weighted by atomic mass is 15.1. The zero-order valence-electron chi connectivity index (χ0n) is 7.96. The fourth-order valence-corrected chi connectivity index (χ4v) is 1.63. The van der Waals surface area contributed by atoms with Crippen molar-refractivity contribution in [2.45, 2.75) is 12.8 Å². The highest BCUT2D eigenvalue weighted by Gasteiger charge is 2.20. The Kier molecular flexibility index (Phi) is 1.69. The summed E-state index contributed by atoms with van der Waals surface area (Å²) in [6.45, 7) is 1.11. The van der Waals surface area contributed by atoms with E-state index in [1.165, 1.54) is 23.9 Å². The lowest BCUT2D eigenvalue weighted by atomic mass is 10.2. The summed E-state index contributed by atoms with van der Waals surface area (Å²) in [5.74, 6) is 0.910. The number of anilines is 1. The molecule has 3 heteroatoms. The molecule has 1 aliphatic carbocycles. The Morgan fingerprint density at radius 3 is 3.21 bits per heavy atom. The van der Waals surface area contributed by atoms with E-state index in [0.29, 0.717) is 0 Å². The van der Waals surface area contributed by atoms with Crippen molar-refractivity contribution in [1.29, 1.82) is 0 Å². The number of aromatic nitrogens is 2. The number of nitrogens with one attached hydrogen (secondary N) is 2. The van der Waals surface area contributed by atoms with Gasteiger partial charge in [0.1, 0.15) is 0 Å². The van der Waals surface area contributed by atoms with Crippen LogP contribution in [0.1, 0.15) is 12.8 Å². The lowest BCUT2D eigenvalue weighted by Gasteiger charge is -2.04. The first-order valence-corrected chi connectivity index (χ1v) is 5.09. The molecule has 0 unspecified atom stereocenters. The van der Waals surface area contributed by atoms with E-state index in [4.69, 9.17) is 0 Å². The molecule has 0 spiro atoms. The Morgan fingerprint density at radius 2 is 2.36 bits per heavy atom. The third-order valence-electron chi connectivity index (χ3n) is 2.73. The molecule has 1 aliphatic rings. The SMILES string of the molecule is c1cc2cn[nH]c2cc1NCC1CC1. The Labute approximate surface area is 82.5 Å². The maximum absolute atomic E-state index is 4.00. The molecule has 3 rings (SSSR count). The van der Waals surface area contributed by atoms with Crippen LogP contribution in [0.5, 0.6) is 0 Å². The molecule has 0 saturated heterocycles. The summed E-state index contributed by atoms with van der Waals surface area (Å²) < 4.78 is 0. The number of fused-ring (bicyclic) bond motifs is 1. The van der Waals surface area contributed by atoms with Gasteiger partial charge >= 0.3 is 0 Å².